The number of benzene rings is 7. The van der Waals surface area contributed by atoms with Crippen molar-refractivity contribution >= 4 is 54.4 Å². The molecule has 2 aromatic heterocycles. The van der Waals surface area contributed by atoms with Gasteiger partial charge in [0.1, 0.15) is 5.82 Å². The molecule has 0 saturated heterocycles. The molecule has 3 heteroatoms. The molecule has 2 heterocycles. The summed E-state index contributed by atoms with van der Waals surface area (Å²) in [5.41, 5.74) is 8.98. The van der Waals surface area contributed by atoms with E-state index in [1.165, 1.54) is 37.9 Å². The average molecular weight is 536 g/mol. The summed E-state index contributed by atoms with van der Waals surface area (Å²) in [6.07, 6.45) is 0. The first-order valence-corrected chi connectivity index (χ1v) is 14.3. The fourth-order valence-corrected chi connectivity index (χ4v) is 6.60. The Morgan fingerprint density at radius 1 is 0.429 bits per heavy atom. The molecule has 0 atom stereocenters. The number of H-pyrrole nitrogens is 1. The molecule has 9 rings (SSSR count). The molecule has 0 bridgehead atoms. The van der Waals surface area contributed by atoms with Gasteiger partial charge in [0.25, 0.3) is 0 Å². The fourth-order valence-electron chi connectivity index (χ4n) is 6.60. The second-order valence-electron chi connectivity index (χ2n) is 10.9. The van der Waals surface area contributed by atoms with E-state index in [2.05, 4.69) is 155 Å². The standard InChI is InChI=1S/C39H25N3/c1-2-13-28(14-3-1)42-38-34-19-7-5-16-30(34)29-15-4-6-18-33(29)37(38)41-39(42)27-12-10-11-25(23-27)26-21-22-32-31-17-8-9-20-35(31)40-36(32)24-26/h1-24,40H. The molecular weight excluding hydrogens is 510 g/mol. The first-order chi connectivity index (χ1) is 20.8. The van der Waals surface area contributed by atoms with Gasteiger partial charge in [-0.25, -0.2) is 4.98 Å². The topological polar surface area (TPSA) is 33.6 Å². The molecule has 1 N–H and O–H groups in total. The number of hydrogen-bond acceptors (Lipinski definition) is 1. The van der Waals surface area contributed by atoms with E-state index in [0.717, 1.165) is 44.7 Å². The molecule has 0 unspecified atom stereocenters. The van der Waals surface area contributed by atoms with Gasteiger partial charge in [0.15, 0.2) is 0 Å². The van der Waals surface area contributed by atoms with Gasteiger partial charge in [-0.1, -0.05) is 115 Å². The number of nitrogens with one attached hydrogen (secondary N) is 1. The second kappa shape index (κ2) is 8.92. The van der Waals surface area contributed by atoms with E-state index in [1.54, 1.807) is 0 Å². The third-order valence-electron chi connectivity index (χ3n) is 8.51. The van der Waals surface area contributed by atoms with Crippen LogP contribution in [0.5, 0.6) is 0 Å². The largest absolute Gasteiger partial charge is 0.354 e. The van der Waals surface area contributed by atoms with Crippen LogP contribution in [0.3, 0.4) is 0 Å². The van der Waals surface area contributed by atoms with Crippen molar-refractivity contribution in [2.45, 2.75) is 0 Å². The number of aromatic amines is 1. The Morgan fingerprint density at radius 3 is 1.88 bits per heavy atom. The lowest BCUT2D eigenvalue weighted by Crippen LogP contribution is -1.98. The predicted octanol–water partition coefficient (Wildman–Crippen LogP) is 10.3. The van der Waals surface area contributed by atoms with Crippen LogP contribution in [-0.4, -0.2) is 14.5 Å². The molecule has 3 nitrogen and oxygen atoms in total. The average Bonchev–Trinajstić information content (AvgIpc) is 3.65. The summed E-state index contributed by atoms with van der Waals surface area (Å²) in [5, 5.41) is 7.34. The van der Waals surface area contributed by atoms with Crippen LogP contribution in [0.25, 0.3) is 82.6 Å². The zero-order valence-electron chi connectivity index (χ0n) is 22.8. The van der Waals surface area contributed by atoms with Gasteiger partial charge < -0.3 is 4.98 Å². The van der Waals surface area contributed by atoms with Gasteiger partial charge in [-0.15, -0.1) is 0 Å². The van der Waals surface area contributed by atoms with Crippen LogP contribution in [0.2, 0.25) is 0 Å². The summed E-state index contributed by atoms with van der Waals surface area (Å²) in [5.74, 6) is 0.936. The maximum atomic E-state index is 5.41. The summed E-state index contributed by atoms with van der Waals surface area (Å²) < 4.78 is 2.34. The van der Waals surface area contributed by atoms with Crippen molar-refractivity contribution in [3.05, 3.63) is 146 Å². The predicted molar refractivity (Wildman–Crippen MR) is 176 cm³/mol. The highest BCUT2D eigenvalue weighted by atomic mass is 15.1. The lowest BCUT2D eigenvalue weighted by Gasteiger charge is -2.13. The minimum absolute atomic E-state index is 0.936. The molecule has 9 aromatic rings. The second-order valence-corrected chi connectivity index (χ2v) is 10.9. The minimum atomic E-state index is 0.936. The summed E-state index contributed by atoms with van der Waals surface area (Å²) in [6.45, 7) is 0. The summed E-state index contributed by atoms with van der Waals surface area (Å²) in [6, 6.07) is 51.9. The number of imidazole rings is 1. The zero-order valence-corrected chi connectivity index (χ0v) is 22.8. The van der Waals surface area contributed by atoms with E-state index < -0.39 is 0 Å². The monoisotopic (exact) mass is 535 g/mol. The van der Waals surface area contributed by atoms with Gasteiger partial charge in [0.2, 0.25) is 0 Å². The Kier molecular flexibility index (Phi) is 4.90. The van der Waals surface area contributed by atoms with E-state index >= 15 is 0 Å². The molecule has 0 amide bonds. The molecule has 0 aliphatic heterocycles. The van der Waals surface area contributed by atoms with E-state index in [0.29, 0.717) is 0 Å². The van der Waals surface area contributed by atoms with Crippen molar-refractivity contribution in [3.8, 4) is 28.2 Å². The lowest BCUT2D eigenvalue weighted by molar-refractivity contribution is 1.11. The Labute approximate surface area is 242 Å². The van der Waals surface area contributed by atoms with E-state index in [1.807, 2.05) is 0 Å². The Hall–Kier alpha value is -5.67. The lowest BCUT2D eigenvalue weighted by atomic mass is 10.00. The molecule has 0 spiro atoms. The first-order valence-electron chi connectivity index (χ1n) is 14.3. The number of fused-ring (bicyclic) bond motifs is 9. The summed E-state index contributed by atoms with van der Waals surface area (Å²) >= 11 is 0. The summed E-state index contributed by atoms with van der Waals surface area (Å²) in [7, 11) is 0. The highest BCUT2D eigenvalue weighted by Crippen LogP contribution is 2.40. The van der Waals surface area contributed by atoms with Gasteiger partial charge in [-0.05, 0) is 52.2 Å². The molecular formula is C39H25N3. The molecule has 7 aromatic carbocycles. The molecule has 196 valence electrons. The molecule has 0 aliphatic rings. The van der Waals surface area contributed by atoms with Crippen molar-refractivity contribution in [1.29, 1.82) is 0 Å². The van der Waals surface area contributed by atoms with Gasteiger partial charge in [0.05, 0.1) is 11.0 Å². The van der Waals surface area contributed by atoms with Crippen molar-refractivity contribution in [1.82, 2.24) is 14.5 Å². The Bertz CT molecular complexity index is 2460. The quantitative estimate of drug-likeness (QED) is 0.224. The number of nitrogens with zero attached hydrogens (tertiary/aromatic N) is 2. The van der Waals surface area contributed by atoms with Crippen molar-refractivity contribution in [2.75, 3.05) is 0 Å². The van der Waals surface area contributed by atoms with Crippen molar-refractivity contribution < 1.29 is 0 Å². The number of rotatable bonds is 3. The molecule has 0 aliphatic carbocycles. The highest BCUT2D eigenvalue weighted by Gasteiger charge is 2.20. The SMILES string of the molecule is c1ccc(-n2c(-c3cccc(-c4ccc5c(c4)[nH]c4ccccc45)c3)nc3c4ccccc4c4ccccc4c32)cc1. The van der Waals surface area contributed by atoms with Crippen LogP contribution in [-0.2, 0) is 0 Å². The van der Waals surface area contributed by atoms with E-state index in [-0.39, 0.29) is 0 Å². The normalized spacial score (nSPS) is 11.8. The molecule has 0 fully saturated rings. The van der Waals surface area contributed by atoms with Crippen molar-refractivity contribution in [2.24, 2.45) is 0 Å². The van der Waals surface area contributed by atoms with E-state index in [9.17, 15) is 0 Å². The van der Waals surface area contributed by atoms with Crippen LogP contribution in [0.1, 0.15) is 0 Å². The number of hydrogen-bond donors (Lipinski definition) is 1. The number of para-hydroxylation sites is 2. The van der Waals surface area contributed by atoms with E-state index in [4.69, 9.17) is 4.98 Å². The highest BCUT2D eigenvalue weighted by molar-refractivity contribution is 6.24. The van der Waals surface area contributed by atoms with Crippen LogP contribution >= 0.6 is 0 Å². The molecule has 0 radical (unpaired) electrons. The Balaban J connectivity index is 1.32. The van der Waals surface area contributed by atoms with Gasteiger partial charge in [0, 0.05) is 43.8 Å². The first kappa shape index (κ1) is 23.1. The molecule has 0 saturated carbocycles. The third kappa shape index (κ3) is 3.37. The van der Waals surface area contributed by atoms with Crippen LogP contribution in [0, 0.1) is 0 Å². The number of aromatic nitrogens is 3. The van der Waals surface area contributed by atoms with Crippen LogP contribution in [0.15, 0.2) is 146 Å². The summed E-state index contributed by atoms with van der Waals surface area (Å²) in [4.78, 5) is 9.01. The van der Waals surface area contributed by atoms with Crippen molar-refractivity contribution in [3.63, 3.8) is 0 Å². The van der Waals surface area contributed by atoms with Gasteiger partial charge in [-0.3, -0.25) is 4.57 Å². The van der Waals surface area contributed by atoms with Crippen LogP contribution in [0.4, 0.5) is 0 Å². The minimum Gasteiger partial charge on any atom is -0.354 e. The van der Waals surface area contributed by atoms with Gasteiger partial charge in [-0.2, -0.15) is 0 Å². The third-order valence-corrected chi connectivity index (χ3v) is 8.51. The van der Waals surface area contributed by atoms with Gasteiger partial charge >= 0.3 is 0 Å². The molecule has 42 heavy (non-hydrogen) atoms. The van der Waals surface area contributed by atoms with Crippen LogP contribution < -0.4 is 0 Å². The maximum Gasteiger partial charge on any atom is 0.145 e. The maximum absolute atomic E-state index is 5.41. The zero-order chi connectivity index (χ0) is 27.6. The fraction of sp³-hybridized carbons (Fsp3) is 0. The Morgan fingerprint density at radius 2 is 1.05 bits per heavy atom. The smallest absolute Gasteiger partial charge is 0.145 e.